The Balaban J connectivity index is 1.38. The van der Waals surface area contributed by atoms with E-state index in [1.807, 2.05) is 32.2 Å². The molecule has 4 aliphatic rings. The Labute approximate surface area is 210 Å². The van der Waals surface area contributed by atoms with Gasteiger partial charge in [-0.15, -0.1) is 0 Å². The average molecular weight is 509 g/mol. The quantitative estimate of drug-likeness (QED) is 0.535. The minimum atomic E-state index is -3.23. The van der Waals surface area contributed by atoms with Crippen molar-refractivity contribution >= 4 is 6.21 Å². The summed E-state index contributed by atoms with van der Waals surface area (Å²) in [5.74, 6) is -1.93. The van der Waals surface area contributed by atoms with E-state index < -0.39 is 30.7 Å². The van der Waals surface area contributed by atoms with Gasteiger partial charge in [-0.1, -0.05) is 6.08 Å². The van der Waals surface area contributed by atoms with Crippen molar-refractivity contribution in [2.24, 2.45) is 4.99 Å². The Morgan fingerprint density at radius 3 is 2.67 bits per heavy atom. The highest BCUT2D eigenvalue weighted by molar-refractivity contribution is 5.79. The second-order valence-corrected chi connectivity index (χ2v) is 10.7. The Bertz CT molecular complexity index is 1030. The smallest absolute Gasteiger partial charge is 0.283 e. The number of allylic oxidation sites excluding steroid dienone is 1. The lowest BCUT2D eigenvalue weighted by atomic mass is 9.76. The van der Waals surface area contributed by atoms with Crippen LogP contribution in [0.1, 0.15) is 43.9 Å². The minimum absolute atomic E-state index is 0.143. The number of alkyl halides is 3. The van der Waals surface area contributed by atoms with Crippen LogP contribution in [0.15, 0.2) is 28.9 Å². The molecular weight excluding hydrogens is 473 g/mol. The van der Waals surface area contributed by atoms with Gasteiger partial charge in [0.1, 0.15) is 6.61 Å². The van der Waals surface area contributed by atoms with Gasteiger partial charge in [0.25, 0.3) is 5.92 Å². The number of ether oxygens (including phenoxy) is 2. The van der Waals surface area contributed by atoms with E-state index in [2.05, 4.69) is 16.3 Å². The molecule has 0 bridgehead atoms. The molecule has 4 heterocycles. The van der Waals surface area contributed by atoms with Gasteiger partial charge in [0.05, 0.1) is 30.8 Å². The van der Waals surface area contributed by atoms with Crippen LogP contribution in [-0.2, 0) is 6.42 Å². The number of nitrogens with zero attached hydrogens (tertiary/aromatic N) is 3. The molecule has 1 unspecified atom stereocenters. The summed E-state index contributed by atoms with van der Waals surface area (Å²) in [5.41, 5.74) is 2.19. The minimum Gasteiger partial charge on any atom is -0.454 e. The number of hydrogen-bond acceptors (Lipinski definition) is 7. The fourth-order valence-electron chi connectivity index (χ4n) is 5.84. The van der Waals surface area contributed by atoms with Crippen molar-refractivity contribution in [3.8, 4) is 11.5 Å². The molecule has 2 N–H and O–H groups in total. The molecule has 0 radical (unpaired) electrons. The maximum atomic E-state index is 14.5. The highest BCUT2D eigenvalue weighted by Gasteiger charge is 2.48. The topological polar surface area (TPSA) is 69.6 Å². The number of fused-ring (bicyclic) bond motifs is 2. The summed E-state index contributed by atoms with van der Waals surface area (Å²) in [5, 5.41) is 12.8. The van der Waals surface area contributed by atoms with Gasteiger partial charge in [-0.3, -0.25) is 19.2 Å². The molecule has 3 atom stereocenters. The molecule has 0 spiro atoms. The number of rotatable bonds is 9. The molecule has 1 fully saturated rings. The van der Waals surface area contributed by atoms with Crippen molar-refractivity contribution in [3.05, 3.63) is 35.0 Å². The number of aliphatic imine (C=N–C) groups is 1. The lowest BCUT2D eigenvalue weighted by Gasteiger charge is -2.50. The molecule has 4 aliphatic heterocycles. The summed E-state index contributed by atoms with van der Waals surface area (Å²) in [6.45, 7) is 4.54. The fourth-order valence-corrected chi connectivity index (χ4v) is 5.84. The van der Waals surface area contributed by atoms with Gasteiger partial charge in [-0.05, 0) is 56.4 Å². The van der Waals surface area contributed by atoms with Crippen LogP contribution in [-0.4, -0.2) is 90.9 Å². The van der Waals surface area contributed by atoms with Gasteiger partial charge in [0.15, 0.2) is 11.5 Å². The number of aliphatic hydroxyl groups excluding tert-OH is 1. The van der Waals surface area contributed by atoms with Crippen molar-refractivity contribution in [2.45, 2.75) is 62.7 Å². The number of dihydropyridines is 1. The van der Waals surface area contributed by atoms with Gasteiger partial charge in [0, 0.05) is 37.6 Å². The average Bonchev–Trinajstić information content (AvgIpc) is 3.28. The number of nitrogens with one attached hydrogen (secondary N) is 1. The zero-order chi connectivity index (χ0) is 25.5. The van der Waals surface area contributed by atoms with E-state index in [1.54, 1.807) is 4.90 Å². The van der Waals surface area contributed by atoms with Crippen LogP contribution < -0.4 is 14.8 Å². The third kappa shape index (κ3) is 4.95. The first kappa shape index (κ1) is 25.4. The summed E-state index contributed by atoms with van der Waals surface area (Å²) >= 11 is 0. The molecular formula is C26H35F3N4O3. The number of hydrogen-bond donors (Lipinski definition) is 2. The third-order valence-electron chi connectivity index (χ3n) is 7.75. The predicted molar refractivity (Wildman–Crippen MR) is 131 cm³/mol. The molecule has 0 amide bonds. The van der Waals surface area contributed by atoms with Crippen LogP contribution in [0.5, 0.6) is 11.5 Å². The first-order valence-corrected chi connectivity index (χ1v) is 12.7. The summed E-state index contributed by atoms with van der Waals surface area (Å²) in [7, 11) is 0. The monoisotopic (exact) mass is 508 g/mol. The second-order valence-electron chi connectivity index (χ2n) is 10.7. The zero-order valence-corrected chi connectivity index (χ0v) is 20.9. The molecule has 10 heteroatoms. The van der Waals surface area contributed by atoms with E-state index in [1.165, 1.54) is 0 Å². The molecule has 1 aromatic rings. The van der Waals surface area contributed by atoms with Crippen LogP contribution in [0.4, 0.5) is 13.2 Å². The standard InChI is InChI=1S/C26H35F3N4O3/c1-17-8-18-9-22-23(36-16-35-22)10-21(18)24(33(17)14-26(28,29)15-34)25(2)5-4-19(11-30-25)31-20-12-32(13-20)7-3-6-27/h4,9-11,17,20,24,31,34H,3,5-8,12-16H2,1-2H3/t17-,24+,25?/m1/s1. The van der Waals surface area contributed by atoms with E-state index in [0.29, 0.717) is 36.8 Å². The van der Waals surface area contributed by atoms with Crippen LogP contribution in [0.25, 0.3) is 0 Å². The van der Waals surface area contributed by atoms with Gasteiger partial charge < -0.3 is 19.9 Å². The first-order chi connectivity index (χ1) is 17.2. The summed E-state index contributed by atoms with van der Waals surface area (Å²) in [4.78, 5) is 8.94. The lowest BCUT2D eigenvalue weighted by Crippen LogP contribution is -2.58. The number of benzene rings is 1. The molecule has 198 valence electrons. The van der Waals surface area contributed by atoms with E-state index in [9.17, 15) is 18.3 Å². The summed E-state index contributed by atoms with van der Waals surface area (Å²) < 4.78 is 52.6. The number of aliphatic hydroxyl groups is 1. The Morgan fingerprint density at radius 1 is 1.25 bits per heavy atom. The number of halogens is 3. The molecule has 1 aromatic carbocycles. The van der Waals surface area contributed by atoms with E-state index >= 15 is 0 Å². The van der Waals surface area contributed by atoms with Crippen LogP contribution in [0.3, 0.4) is 0 Å². The molecule has 0 aromatic heterocycles. The van der Waals surface area contributed by atoms with E-state index in [0.717, 1.165) is 36.5 Å². The Kier molecular flexibility index (Phi) is 6.95. The van der Waals surface area contributed by atoms with Crippen LogP contribution in [0.2, 0.25) is 0 Å². The highest BCUT2D eigenvalue weighted by atomic mass is 19.3. The largest absolute Gasteiger partial charge is 0.454 e. The van der Waals surface area contributed by atoms with E-state index in [4.69, 9.17) is 14.5 Å². The van der Waals surface area contributed by atoms with Gasteiger partial charge in [0.2, 0.25) is 6.79 Å². The van der Waals surface area contributed by atoms with Gasteiger partial charge in [-0.2, -0.15) is 0 Å². The summed E-state index contributed by atoms with van der Waals surface area (Å²) in [6.07, 6.45) is 5.61. The molecule has 1 saturated heterocycles. The maximum Gasteiger partial charge on any atom is 0.283 e. The second kappa shape index (κ2) is 9.87. The van der Waals surface area contributed by atoms with Crippen LogP contribution in [0, 0.1) is 0 Å². The molecule has 36 heavy (non-hydrogen) atoms. The maximum absolute atomic E-state index is 14.5. The third-order valence-corrected chi connectivity index (χ3v) is 7.75. The van der Waals surface area contributed by atoms with Gasteiger partial charge >= 0.3 is 0 Å². The number of likely N-dealkylation sites (tertiary alicyclic amines) is 1. The predicted octanol–water partition coefficient (Wildman–Crippen LogP) is 3.08. The van der Waals surface area contributed by atoms with Crippen LogP contribution >= 0.6 is 0 Å². The molecule has 0 aliphatic carbocycles. The van der Waals surface area contributed by atoms with Crippen molar-refractivity contribution < 1.29 is 27.8 Å². The van der Waals surface area contributed by atoms with Crippen molar-refractivity contribution in [1.82, 2.24) is 15.1 Å². The van der Waals surface area contributed by atoms with E-state index in [-0.39, 0.29) is 19.5 Å². The first-order valence-electron chi connectivity index (χ1n) is 12.7. The Morgan fingerprint density at radius 2 is 2.00 bits per heavy atom. The fraction of sp³-hybridized carbons (Fsp3) is 0.654. The van der Waals surface area contributed by atoms with Gasteiger partial charge in [-0.25, -0.2) is 8.78 Å². The molecule has 7 nitrogen and oxygen atoms in total. The Hall–Kier alpha value is -2.30. The highest BCUT2D eigenvalue weighted by Crippen LogP contribution is 2.49. The molecule has 5 rings (SSSR count). The summed E-state index contributed by atoms with van der Waals surface area (Å²) in [6, 6.07) is 3.56. The van der Waals surface area contributed by atoms with Crippen molar-refractivity contribution in [1.29, 1.82) is 0 Å². The SMILES string of the molecule is C[C@@H]1Cc2cc3c(cc2[C@@H](C2(C)CC=C(NC4CN(CCCF)C4)C=N2)N1CC(F)(F)CO)OCO3. The van der Waals surface area contributed by atoms with Crippen molar-refractivity contribution in [2.75, 3.05) is 46.3 Å². The lowest BCUT2D eigenvalue weighted by molar-refractivity contribution is -0.0958. The zero-order valence-electron chi connectivity index (χ0n) is 20.9. The normalized spacial score (nSPS) is 28.6. The van der Waals surface area contributed by atoms with Crippen molar-refractivity contribution in [3.63, 3.8) is 0 Å². The molecule has 0 saturated carbocycles.